The third-order valence-corrected chi connectivity index (χ3v) is 6.80. The Morgan fingerprint density at radius 3 is 2.29 bits per heavy atom. The van der Waals surface area contributed by atoms with Crippen LogP contribution in [0.25, 0.3) is 0 Å². The first-order valence-corrected chi connectivity index (χ1v) is 11.0. The van der Waals surface area contributed by atoms with Crippen LogP contribution in [0, 0.1) is 0 Å². The maximum Gasteiger partial charge on any atom is 0.331 e. The zero-order valence-corrected chi connectivity index (χ0v) is 18.2. The molecule has 2 N–H and O–H groups in total. The van der Waals surface area contributed by atoms with Gasteiger partial charge < -0.3 is 10.1 Å². The number of amides is 1. The third kappa shape index (κ3) is 5.24. The first kappa shape index (κ1) is 22.6. The number of benzene rings is 1. The summed E-state index contributed by atoms with van der Waals surface area (Å²) in [4.78, 5) is 25.0. The van der Waals surface area contributed by atoms with Gasteiger partial charge in [-0.05, 0) is 51.8 Å². The standard InChI is InChI=1S/C19H27ClN2O5S/c1-18(2,3)22-28(25,26)15-12-13(8-9-14(15)20)16(23)21-19(17(24)27-4)10-6-5-7-11-19/h8-9,12,22H,5-7,10-11H2,1-4H3,(H,21,23). The fourth-order valence-corrected chi connectivity index (χ4v) is 5.27. The Morgan fingerprint density at radius 1 is 1.14 bits per heavy atom. The number of esters is 1. The molecule has 2 rings (SSSR count). The van der Waals surface area contributed by atoms with Crippen LogP contribution in [0.2, 0.25) is 5.02 Å². The molecule has 1 aliphatic rings. The smallest absolute Gasteiger partial charge is 0.331 e. The molecule has 0 spiro atoms. The first-order valence-electron chi connectivity index (χ1n) is 9.15. The Balaban J connectivity index is 2.35. The van der Waals surface area contributed by atoms with Gasteiger partial charge in [-0.25, -0.2) is 17.9 Å². The fourth-order valence-electron chi connectivity index (χ4n) is 3.33. The van der Waals surface area contributed by atoms with Crippen molar-refractivity contribution in [2.45, 2.75) is 68.8 Å². The molecule has 0 aromatic heterocycles. The predicted molar refractivity (Wildman–Crippen MR) is 107 cm³/mol. The lowest BCUT2D eigenvalue weighted by Crippen LogP contribution is -2.56. The van der Waals surface area contributed by atoms with Gasteiger partial charge in [-0.3, -0.25) is 4.79 Å². The van der Waals surface area contributed by atoms with E-state index < -0.39 is 33.0 Å². The van der Waals surface area contributed by atoms with Gasteiger partial charge in [0.25, 0.3) is 5.91 Å². The van der Waals surface area contributed by atoms with Crippen molar-refractivity contribution >= 4 is 33.5 Å². The largest absolute Gasteiger partial charge is 0.467 e. The highest BCUT2D eigenvalue weighted by molar-refractivity contribution is 7.89. The van der Waals surface area contributed by atoms with Crippen molar-refractivity contribution in [1.82, 2.24) is 10.0 Å². The normalized spacial score (nSPS) is 17.0. The molecule has 0 saturated heterocycles. The van der Waals surface area contributed by atoms with Crippen LogP contribution in [0.15, 0.2) is 23.1 Å². The number of carbonyl (C=O) groups is 2. The molecule has 1 fully saturated rings. The zero-order chi connectivity index (χ0) is 21.2. The highest BCUT2D eigenvalue weighted by atomic mass is 35.5. The molecule has 1 aromatic carbocycles. The Bertz CT molecular complexity index is 856. The predicted octanol–water partition coefficient (Wildman–Crippen LogP) is 3.02. The van der Waals surface area contributed by atoms with Crippen molar-refractivity contribution in [2.24, 2.45) is 0 Å². The van der Waals surface area contributed by atoms with E-state index in [2.05, 4.69) is 10.0 Å². The molecule has 0 radical (unpaired) electrons. The van der Waals surface area contributed by atoms with E-state index in [1.165, 1.54) is 25.3 Å². The highest BCUT2D eigenvalue weighted by Crippen LogP contribution is 2.30. The molecule has 1 amide bonds. The molecule has 0 aliphatic heterocycles. The van der Waals surface area contributed by atoms with Gasteiger partial charge in [-0.2, -0.15) is 0 Å². The highest BCUT2D eigenvalue weighted by Gasteiger charge is 2.42. The minimum Gasteiger partial charge on any atom is -0.467 e. The molecule has 28 heavy (non-hydrogen) atoms. The number of rotatable bonds is 5. The Hall–Kier alpha value is -1.64. The quantitative estimate of drug-likeness (QED) is 0.699. The number of ether oxygens (including phenoxy) is 1. The van der Waals surface area contributed by atoms with Crippen molar-refractivity contribution in [3.63, 3.8) is 0 Å². The van der Waals surface area contributed by atoms with Gasteiger partial charge in [0.15, 0.2) is 0 Å². The molecule has 0 atom stereocenters. The van der Waals surface area contributed by atoms with Crippen molar-refractivity contribution in [3.8, 4) is 0 Å². The Morgan fingerprint density at radius 2 is 1.75 bits per heavy atom. The fraction of sp³-hybridized carbons (Fsp3) is 0.579. The summed E-state index contributed by atoms with van der Waals surface area (Å²) < 4.78 is 32.7. The van der Waals surface area contributed by atoms with E-state index in [9.17, 15) is 18.0 Å². The van der Waals surface area contributed by atoms with E-state index in [1.807, 2.05) is 0 Å². The minimum absolute atomic E-state index is 0.00801. The van der Waals surface area contributed by atoms with Gasteiger partial charge in [0, 0.05) is 11.1 Å². The van der Waals surface area contributed by atoms with E-state index >= 15 is 0 Å². The maximum absolute atomic E-state index is 12.8. The van der Waals surface area contributed by atoms with Crippen LogP contribution >= 0.6 is 11.6 Å². The van der Waals surface area contributed by atoms with E-state index in [0.717, 1.165) is 19.3 Å². The lowest BCUT2D eigenvalue weighted by atomic mass is 9.81. The van der Waals surface area contributed by atoms with Crippen LogP contribution in [0.3, 0.4) is 0 Å². The van der Waals surface area contributed by atoms with Crippen molar-refractivity contribution in [3.05, 3.63) is 28.8 Å². The minimum atomic E-state index is -3.93. The van der Waals surface area contributed by atoms with Crippen molar-refractivity contribution in [2.75, 3.05) is 7.11 Å². The molecular formula is C19H27ClN2O5S. The van der Waals surface area contributed by atoms with Crippen LogP contribution in [0.5, 0.6) is 0 Å². The lowest BCUT2D eigenvalue weighted by molar-refractivity contribution is -0.149. The second-order valence-corrected chi connectivity index (χ2v) is 10.1. The summed E-state index contributed by atoms with van der Waals surface area (Å²) in [5.74, 6) is -1.03. The Labute approximate surface area is 171 Å². The van der Waals surface area contributed by atoms with Gasteiger partial charge in [-0.1, -0.05) is 30.9 Å². The summed E-state index contributed by atoms with van der Waals surface area (Å²) in [7, 11) is -2.64. The lowest BCUT2D eigenvalue weighted by Gasteiger charge is -2.35. The van der Waals surface area contributed by atoms with Gasteiger partial charge >= 0.3 is 5.97 Å². The summed E-state index contributed by atoms with van der Waals surface area (Å²) in [6, 6.07) is 4.01. The van der Waals surface area contributed by atoms with E-state index in [1.54, 1.807) is 20.8 Å². The van der Waals surface area contributed by atoms with Gasteiger partial charge in [0.05, 0.1) is 12.1 Å². The van der Waals surface area contributed by atoms with Crippen LogP contribution < -0.4 is 10.0 Å². The molecule has 0 unspecified atom stereocenters. The third-order valence-electron chi connectivity index (χ3n) is 4.56. The summed E-state index contributed by atoms with van der Waals surface area (Å²) in [5, 5.41) is 2.78. The van der Waals surface area contributed by atoms with E-state index in [-0.39, 0.29) is 15.5 Å². The number of nitrogens with one attached hydrogen (secondary N) is 2. The summed E-state index contributed by atoms with van der Waals surface area (Å²) in [5.41, 5.74) is -1.70. The SMILES string of the molecule is COC(=O)C1(NC(=O)c2ccc(Cl)c(S(=O)(=O)NC(C)(C)C)c2)CCCCC1. The molecule has 156 valence electrons. The molecule has 1 aromatic rings. The van der Waals surface area contributed by atoms with Gasteiger partial charge in [-0.15, -0.1) is 0 Å². The zero-order valence-electron chi connectivity index (χ0n) is 16.6. The second-order valence-electron chi connectivity index (χ2n) is 8.09. The van der Waals surface area contributed by atoms with Crippen LogP contribution in [0.4, 0.5) is 0 Å². The van der Waals surface area contributed by atoms with Crippen molar-refractivity contribution < 1.29 is 22.7 Å². The molecule has 9 heteroatoms. The molecule has 1 aliphatic carbocycles. The van der Waals surface area contributed by atoms with E-state index in [4.69, 9.17) is 16.3 Å². The molecule has 0 bridgehead atoms. The molecule has 7 nitrogen and oxygen atoms in total. The maximum atomic E-state index is 12.8. The molecular weight excluding hydrogens is 404 g/mol. The van der Waals surface area contributed by atoms with Crippen molar-refractivity contribution in [1.29, 1.82) is 0 Å². The number of sulfonamides is 1. The molecule has 0 heterocycles. The van der Waals surface area contributed by atoms with Crippen LogP contribution in [-0.2, 0) is 19.6 Å². The summed E-state index contributed by atoms with van der Waals surface area (Å²) in [6.45, 7) is 5.12. The van der Waals surface area contributed by atoms with Gasteiger partial charge in [0.2, 0.25) is 10.0 Å². The first-order chi connectivity index (χ1) is 12.9. The number of hydrogen-bond donors (Lipinski definition) is 2. The van der Waals surface area contributed by atoms with Gasteiger partial charge in [0.1, 0.15) is 10.4 Å². The summed E-state index contributed by atoms with van der Waals surface area (Å²) >= 11 is 6.08. The second kappa shape index (κ2) is 8.39. The van der Waals surface area contributed by atoms with Crippen LogP contribution in [0.1, 0.15) is 63.2 Å². The van der Waals surface area contributed by atoms with E-state index in [0.29, 0.717) is 12.8 Å². The average molecular weight is 431 g/mol. The monoisotopic (exact) mass is 430 g/mol. The summed E-state index contributed by atoms with van der Waals surface area (Å²) in [6.07, 6.45) is 3.54. The topological polar surface area (TPSA) is 102 Å². The van der Waals surface area contributed by atoms with Crippen LogP contribution in [-0.4, -0.2) is 38.5 Å². The number of halogens is 1. The number of methoxy groups -OCH3 is 1. The average Bonchev–Trinajstić information content (AvgIpc) is 2.59. The Kier molecular flexibility index (Phi) is 6.78. The molecule has 1 saturated carbocycles. The number of carbonyl (C=O) groups excluding carboxylic acids is 2. The number of hydrogen-bond acceptors (Lipinski definition) is 5.